The van der Waals surface area contributed by atoms with Crippen molar-refractivity contribution in [1.82, 2.24) is 5.32 Å². The molecular formula is C19H31NO5. The number of ether oxygens (including phenoxy) is 1. The first kappa shape index (κ1) is 21.3. The van der Waals surface area contributed by atoms with Crippen LogP contribution in [0.3, 0.4) is 0 Å². The maximum Gasteiger partial charge on any atom is 0.407 e. The van der Waals surface area contributed by atoms with Crippen molar-refractivity contribution in [2.75, 3.05) is 6.54 Å². The highest BCUT2D eigenvalue weighted by molar-refractivity contribution is 5.67. The third kappa shape index (κ3) is 6.92. The van der Waals surface area contributed by atoms with Crippen LogP contribution in [0.25, 0.3) is 0 Å². The van der Waals surface area contributed by atoms with Gasteiger partial charge in [0, 0.05) is 12.1 Å². The molecule has 2 atom stereocenters. The smallest absolute Gasteiger partial charge is 0.407 e. The molecule has 0 fully saturated rings. The minimum atomic E-state index is -1.25. The standard InChI is InChI=1S/C19H31NO5/c1-18(2,3)12-7-8-14(21)13(11-12)16(23)15(22)9-10-20-17(24)25-19(4,5)6/h7-8,11,15-16,21-23H,9-10H2,1-6H3,(H,20,24). The zero-order valence-electron chi connectivity index (χ0n) is 16.0. The lowest BCUT2D eigenvalue weighted by atomic mass is 9.85. The van der Waals surface area contributed by atoms with Gasteiger partial charge in [-0.25, -0.2) is 4.79 Å². The number of aliphatic hydroxyl groups is 2. The molecule has 0 saturated carbocycles. The van der Waals surface area contributed by atoms with Gasteiger partial charge in [0.2, 0.25) is 0 Å². The molecule has 1 rings (SSSR count). The van der Waals surface area contributed by atoms with Crippen LogP contribution < -0.4 is 5.32 Å². The van der Waals surface area contributed by atoms with Gasteiger partial charge in [0.05, 0.1) is 6.10 Å². The number of hydrogen-bond acceptors (Lipinski definition) is 5. The molecule has 0 aliphatic heterocycles. The second-order valence-electron chi connectivity index (χ2n) is 8.25. The molecule has 1 aromatic carbocycles. The number of phenols is 1. The number of carbonyl (C=O) groups is 1. The number of alkyl carbamates (subject to hydrolysis) is 1. The minimum absolute atomic E-state index is 0.0698. The van der Waals surface area contributed by atoms with Crippen LogP contribution in [0, 0.1) is 0 Å². The Balaban J connectivity index is 2.68. The highest BCUT2D eigenvalue weighted by atomic mass is 16.6. The molecule has 1 amide bonds. The molecule has 0 saturated heterocycles. The maximum absolute atomic E-state index is 11.6. The van der Waals surface area contributed by atoms with E-state index >= 15 is 0 Å². The number of benzene rings is 1. The van der Waals surface area contributed by atoms with Crippen molar-refractivity contribution < 1.29 is 24.9 Å². The number of aliphatic hydroxyl groups excluding tert-OH is 2. The Bertz CT molecular complexity index is 586. The first-order valence-corrected chi connectivity index (χ1v) is 8.47. The Morgan fingerprint density at radius 2 is 1.76 bits per heavy atom. The summed E-state index contributed by atoms with van der Waals surface area (Å²) in [6, 6.07) is 5.01. The summed E-state index contributed by atoms with van der Waals surface area (Å²) in [5.74, 6) is -0.0698. The average Bonchev–Trinajstić information content (AvgIpc) is 2.43. The van der Waals surface area contributed by atoms with E-state index in [-0.39, 0.29) is 29.7 Å². The number of aromatic hydroxyl groups is 1. The van der Waals surface area contributed by atoms with Crippen molar-refractivity contribution in [2.24, 2.45) is 0 Å². The van der Waals surface area contributed by atoms with Gasteiger partial charge in [-0.3, -0.25) is 0 Å². The maximum atomic E-state index is 11.6. The van der Waals surface area contributed by atoms with E-state index in [0.29, 0.717) is 0 Å². The third-order valence-corrected chi connectivity index (χ3v) is 3.68. The molecule has 0 aliphatic carbocycles. The van der Waals surface area contributed by atoms with E-state index in [2.05, 4.69) is 5.32 Å². The van der Waals surface area contributed by atoms with E-state index in [1.54, 1.807) is 32.9 Å². The number of nitrogens with one attached hydrogen (secondary N) is 1. The summed E-state index contributed by atoms with van der Waals surface area (Å²) >= 11 is 0. The normalized spacial score (nSPS) is 14.7. The molecule has 1 aromatic rings. The Morgan fingerprint density at radius 3 is 2.28 bits per heavy atom. The summed E-state index contributed by atoms with van der Waals surface area (Å²) in [7, 11) is 0. The van der Waals surface area contributed by atoms with Gasteiger partial charge < -0.3 is 25.4 Å². The van der Waals surface area contributed by atoms with Gasteiger partial charge in [0.15, 0.2) is 0 Å². The molecule has 0 heterocycles. The zero-order valence-corrected chi connectivity index (χ0v) is 16.0. The van der Waals surface area contributed by atoms with E-state index < -0.39 is 23.9 Å². The molecule has 4 N–H and O–H groups in total. The molecule has 2 unspecified atom stereocenters. The largest absolute Gasteiger partial charge is 0.508 e. The Morgan fingerprint density at radius 1 is 1.16 bits per heavy atom. The van der Waals surface area contributed by atoms with E-state index in [4.69, 9.17) is 4.74 Å². The fourth-order valence-electron chi connectivity index (χ4n) is 2.26. The van der Waals surface area contributed by atoms with Crippen molar-refractivity contribution in [1.29, 1.82) is 0 Å². The van der Waals surface area contributed by atoms with Crippen molar-refractivity contribution in [3.63, 3.8) is 0 Å². The summed E-state index contributed by atoms with van der Waals surface area (Å²) in [5, 5.41) is 33.1. The molecule has 0 radical (unpaired) electrons. The van der Waals surface area contributed by atoms with Crippen molar-refractivity contribution in [3.05, 3.63) is 29.3 Å². The van der Waals surface area contributed by atoms with Gasteiger partial charge in [0.1, 0.15) is 17.5 Å². The Hall–Kier alpha value is -1.79. The molecule has 0 bridgehead atoms. The Kier molecular flexibility index (Phi) is 6.85. The van der Waals surface area contributed by atoms with E-state index in [1.165, 1.54) is 6.07 Å². The molecule has 0 spiro atoms. The van der Waals surface area contributed by atoms with Gasteiger partial charge in [-0.2, -0.15) is 0 Å². The van der Waals surface area contributed by atoms with Crippen LogP contribution in [0.5, 0.6) is 5.75 Å². The third-order valence-electron chi connectivity index (χ3n) is 3.68. The van der Waals surface area contributed by atoms with E-state index in [1.807, 2.05) is 20.8 Å². The van der Waals surface area contributed by atoms with Crippen molar-refractivity contribution in [2.45, 2.75) is 71.2 Å². The predicted octanol–water partition coefficient (Wildman–Crippen LogP) is 3.00. The van der Waals surface area contributed by atoms with Crippen LogP contribution in [0.4, 0.5) is 4.79 Å². The van der Waals surface area contributed by atoms with Gasteiger partial charge in [-0.05, 0) is 50.3 Å². The highest BCUT2D eigenvalue weighted by Gasteiger charge is 2.24. The first-order valence-electron chi connectivity index (χ1n) is 8.47. The number of carbonyl (C=O) groups excluding carboxylic acids is 1. The SMILES string of the molecule is CC(C)(C)OC(=O)NCCC(O)C(O)c1cc(C(C)(C)C)ccc1O. The average molecular weight is 353 g/mol. The summed E-state index contributed by atoms with van der Waals surface area (Å²) in [4.78, 5) is 11.6. The van der Waals surface area contributed by atoms with Crippen LogP contribution in [-0.4, -0.2) is 39.7 Å². The molecular weight excluding hydrogens is 322 g/mol. The van der Waals surface area contributed by atoms with Crippen LogP contribution in [0.1, 0.15) is 65.2 Å². The Labute approximate surface area is 149 Å². The van der Waals surface area contributed by atoms with Gasteiger partial charge in [-0.15, -0.1) is 0 Å². The lowest BCUT2D eigenvalue weighted by molar-refractivity contribution is 0.0110. The van der Waals surface area contributed by atoms with Gasteiger partial charge in [-0.1, -0.05) is 26.8 Å². The zero-order chi connectivity index (χ0) is 19.4. The second-order valence-corrected chi connectivity index (χ2v) is 8.25. The lowest BCUT2D eigenvalue weighted by Gasteiger charge is -2.24. The first-order chi connectivity index (χ1) is 11.3. The second kappa shape index (κ2) is 8.06. The summed E-state index contributed by atoms with van der Waals surface area (Å²) in [6.07, 6.45) is -2.83. The topological polar surface area (TPSA) is 99.0 Å². The van der Waals surface area contributed by atoms with Crippen molar-refractivity contribution >= 4 is 6.09 Å². The number of phenolic OH excluding ortho intramolecular Hbond substituents is 1. The summed E-state index contributed by atoms with van der Waals surface area (Å²) in [5.41, 5.74) is 0.475. The summed E-state index contributed by atoms with van der Waals surface area (Å²) < 4.78 is 5.10. The van der Waals surface area contributed by atoms with Gasteiger partial charge >= 0.3 is 6.09 Å². The number of rotatable bonds is 5. The molecule has 6 heteroatoms. The monoisotopic (exact) mass is 353 g/mol. The van der Waals surface area contributed by atoms with Gasteiger partial charge in [0.25, 0.3) is 0 Å². The van der Waals surface area contributed by atoms with E-state index in [9.17, 15) is 20.1 Å². The quantitative estimate of drug-likeness (QED) is 0.652. The fraction of sp³-hybridized carbons (Fsp3) is 0.632. The fourth-order valence-corrected chi connectivity index (χ4v) is 2.26. The van der Waals surface area contributed by atoms with Crippen LogP contribution in [0.2, 0.25) is 0 Å². The number of hydrogen-bond donors (Lipinski definition) is 4. The molecule has 6 nitrogen and oxygen atoms in total. The molecule has 142 valence electrons. The number of amides is 1. The highest BCUT2D eigenvalue weighted by Crippen LogP contribution is 2.32. The predicted molar refractivity (Wildman–Crippen MR) is 96.6 cm³/mol. The molecule has 0 aliphatic rings. The minimum Gasteiger partial charge on any atom is -0.508 e. The van der Waals surface area contributed by atoms with Crippen molar-refractivity contribution in [3.8, 4) is 5.75 Å². The lowest BCUT2D eigenvalue weighted by Crippen LogP contribution is -2.34. The van der Waals surface area contributed by atoms with E-state index in [0.717, 1.165) is 5.56 Å². The molecule has 0 aromatic heterocycles. The van der Waals surface area contributed by atoms with Crippen LogP contribution in [-0.2, 0) is 10.2 Å². The van der Waals surface area contributed by atoms with Crippen LogP contribution >= 0.6 is 0 Å². The summed E-state index contributed by atoms with van der Waals surface area (Å²) in [6.45, 7) is 11.5. The van der Waals surface area contributed by atoms with Crippen LogP contribution in [0.15, 0.2) is 18.2 Å². The molecule has 25 heavy (non-hydrogen) atoms.